The molecule has 0 saturated carbocycles. The van der Waals surface area contributed by atoms with E-state index in [1.165, 1.54) is 0 Å². The Balaban J connectivity index is 1.65. The Kier molecular flexibility index (Phi) is 5.30. The minimum atomic E-state index is -0.214. The molecule has 32 heavy (non-hydrogen) atoms. The highest BCUT2D eigenvalue weighted by Gasteiger charge is 2.35. The molecule has 2 aromatic carbocycles. The standard InChI is InChI=1S/C24H25N3O5/c1-2-31-24(30)14-6-5-10-27(13-14)18-12-17(25-9-11-28)19-20-21(18)26-32-23(20)16-8-4-3-7-15(16)22(19)29/h3-4,7-8,12,14,25,28H,2,5-6,9-11,13H2,1H3/t14-/m0/s1. The summed E-state index contributed by atoms with van der Waals surface area (Å²) in [5, 5.41) is 17.6. The predicted molar refractivity (Wildman–Crippen MR) is 120 cm³/mol. The molecular formula is C24H25N3O5. The molecule has 1 aliphatic carbocycles. The molecule has 166 valence electrons. The first-order valence-corrected chi connectivity index (χ1v) is 11.0. The molecule has 8 nitrogen and oxygen atoms in total. The van der Waals surface area contributed by atoms with Gasteiger partial charge in [-0.15, -0.1) is 0 Å². The molecule has 1 fully saturated rings. The van der Waals surface area contributed by atoms with E-state index in [9.17, 15) is 14.7 Å². The van der Waals surface area contributed by atoms with Crippen molar-refractivity contribution in [1.82, 2.24) is 5.16 Å². The van der Waals surface area contributed by atoms with Crippen molar-refractivity contribution in [3.05, 3.63) is 41.5 Å². The minimum absolute atomic E-state index is 0.0667. The fourth-order valence-corrected chi connectivity index (χ4v) is 4.76. The number of rotatable bonds is 6. The summed E-state index contributed by atoms with van der Waals surface area (Å²) < 4.78 is 11.0. The molecule has 0 bridgehead atoms. The van der Waals surface area contributed by atoms with Gasteiger partial charge in [-0.3, -0.25) is 9.59 Å². The number of fused-ring (bicyclic) bond motifs is 2. The van der Waals surface area contributed by atoms with Crippen LogP contribution in [0.15, 0.2) is 34.9 Å². The van der Waals surface area contributed by atoms with E-state index in [1.807, 2.05) is 31.2 Å². The summed E-state index contributed by atoms with van der Waals surface area (Å²) in [5.74, 6) is 0.0676. The number of anilines is 2. The third-order valence-electron chi connectivity index (χ3n) is 6.19. The number of benzene rings is 2. The van der Waals surface area contributed by atoms with Crippen LogP contribution in [0.4, 0.5) is 11.4 Å². The van der Waals surface area contributed by atoms with Crippen LogP contribution in [0.5, 0.6) is 0 Å². The van der Waals surface area contributed by atoms with Gasteiger partial charge in [-0.2, -0.15) is 0 Å². The van der Waals surface area contributed by atoms with E-state index in [-0.39, 0.29) is 24.3 Å². The van der Waals surface area contributed by atoms with Crippen LogP contribution in [-0.4, -0.2) is 54.9 Å². The van der Waals surface area contributed by atoms with Crippen molar-refractivity contribution in [2.24, 2.45) is 5.92 Å². The Morgan fingerprint density at radius 2 is 2.16 bits per heavy atom. The molecule has 1 atom stereocenters. The van der Waals surface area contributed by atoms with Gasteiger partial charge in [0.05, 0.1) is 35.8 Å². The van der Waals surface area contributed by atoms with E-state index >= 15 is 0 Å². The third-order valence-corrected chi connectivity index (χ3v) is 6.19. The highest BCUT2D eigenvalue weighted by molar-refractivity contribution is 6.28. The number of esters is 1. The lowest BCUT2D eigenvalue weighted by Crippen LogP contribution is -2.39. The minimum Gasteiger partial charge on any atom is -0.466 e. The third kappa shape index (κ3) is 3.22. The van der Waals surface area contributed by atoms with Gasteiger partial charge < -0.3 is 24.6 Å². The van der Waals surface area contributed by atoms with Crippen molar-refractivity contribution in [3.63, 3.8) is 0 Å². The molecule has 3 aromatic rings. The predicted octanol–water partition coefficient (Wildman–Crippen LogP) is 3.22. The summed E-state index contributed by atoms with van der Waals surface area (Å²) in [5.41, 5.74) is 3.84. The fourth-order valence-electron chi connectivity index (χ4n) is 4.76. The summed E-state index contributed by atoms with van der Waals surface area (Å²) in [6, 6.07) is 9.23. The highest BCUT2D eigenvalue weighted by Crippen LogP contribution is 2.46. The molecule has 8 heteroatoms. The van der Waals surface area contributed by atoms with Gasteiger partial charge in [0.2, 0.25) is 0 Å². The molecule has 0 amide bonds. The van der Waals surface area contributed by atoms with Crippen LogP contribution in [0.1, 0.15) is 35.7 Å². The van der Waals surface area contributed by atoms with Crippen LogP contribution in [0.2, 0.25) is 0 Å². The second kappa shape index (κ2) is 8.27. The van der Waals surface area contributed by atoms with Gasteiger partial charge >= 0.3 is 5.97 Å². The molecular weight excluding hydrogens is 410 g/mol. The molecule has 1 saturated heterocycles. The van der Waals surface area contributed by atoms with Crippen LogP contribution in [0.3, 0.4) is 0 Å². The molecule has 5 rings (SSSR count). The summed E-state index contributed by atoms with van der Waals surface area (Å²) in [6.07, 6.45) is 1.63. The number of carbonyl (C=O) groups is 2. The zero-order valence-corrected chi connectivity index (χ0v) is 17.9. The van der Waals surface area contributed by atoms with Gasteiger partial charge in [-0.1, -0.05) is 29.4 Å². The van der Waals surface area contributed by atoms with Crippen molar-refractivity contribution in [2.75, 3.05) is 43.1 Å². The number of carbonyl (C=O) groups excluding carboxylic acids is 2. The molecule has 2 N–H and O–H groups in total. The number of aliphatic hydroxyl groups is 1. The van der Waals surface area contributed by atoms with Gasteiger partial charge in [0.25, 0.3) is 0 Å². The Labute approximate surface area is 185 Å². The van der Waals surface area contributed by atoms with Gasteiger partial charge in [-0.05, 0) is 25.8 Å². The fraction of sp³-hybridized carbons (Fsp3) is 0.375. The van der Waals surface area contributed by atoms with E-state index < -0.39 is 0 Å². The smallest absolute Gasteiger partial charge is 0.310 e. The SMILES string of the molecule is CCOC(=O)[C@H]1CCCN(c2cc(NCCO)c3c4c(onc24)-c2ccccc2C3=O)C1. The topological polar surface area (TPSA) is 105 Å². The monoisotopic (exact) mass is 435 g/mol. The number of ether oxygens (including phenoxy) is 1. The molecule has 0 radical (unpaired) electrons. The summed E-state index contributed by atoms with van der Waals surface area (Å²) in [4.78, 5) is 27.9. The zero-order chi connectivity index (χ0) is 22.2. The molecule has 2 aliphatic rings. The lowest BCUT2D eigenvalue weighted by molar-refractivity contribution is -0.148. The lowest BCUT2D eigenvalue weighted by Gasteiger charge is -2.34. The number of aromatic nitrogens is 1. The molecule has 2 heterocycles. The molecule has 0 unspecified atom stereocenters. The maximum Gasteiger partial charge on any atom is 0.310 e. The van der Waals surface area contributed by atoms with Gasteiger partial charge in [0.1, 0.15) is 5.52 Å². The van der Waals surface area contributed by atoms with E-state index in [0.29, 0.717) is 53.2 Å². The zero-order valence-electron chi connectivity index (χ0n) is 17.9. The van der Waals surface area contributed by atoms with Crippen LogP contribution in [0.25, 0.3) is 22.2 Å². The second-order valence-corrected chi connectivity index (χ2v) is 8.12. The molecule has 0 spiro atoms. The van der Waals surface area contributed by atoms with Crippen LogP contribution < -0.4 is 10.2 Å². The first-order valence-electron chi connectivity index (χ1n) is 11.0. The molecule has 1 aliphatic heterocycles. The van der Waals surface area contributed by atoms with Gasteiger partial charge in [-0.25, -0.2) is 0 Å². The van der Waals surface area contributed by atoms with Crippen molar-refractivity contribution < 1.29 is 24.0 Å². The average Bonchev–Trinajstić information content (AvgIpc) is 3.26. The number of ketones is 1. The maximum absolute atomic E-state index is 13.4. The first-order chi connectivity index (χ1) is 15.6. The number of hydrogen-bond donors (Lipinski definition) is 2. The molecule has 1 aromatic heterocycles. The second-order valence-electron chi connectivity index (χ2n) is 8.12. The Morgan fingerprint density at radius 1 is 1.34 bits per heavy atom. The van der Waals surface area contributed by atoms with Gasteiger partial charge in [0, 0.05) is 36.4 Å². The quantitative estimate of drug-likeness (QED) is 0.445. The van der Waals surface area contributed by atoms with E-state index in [1.54, 1.807) is 6.07 Å². The summed E-state index contributed by atoms with van der Waals surface area (Å²) in [6.45, 7) is 3.68. The van der Waals surface area contributed by atoms with E-state index in [2.05, 4.69) is 15.4 Å². The Morgan fingerprint density at radius 3 is 2.94 bits per heavy atom. The Bertz CT molecular complexity index is 1200. The number of nitrogens with one attached hydrogen (secondary N) is 1. The summed E-state index contributed by atoms with van der Waals surface area (Å²) >= 11 is 0. The lowest BCUT2D eigenvalue weighted by atomic mass is 9.86. The average molecular weight is 435 g/mol. The van der Waals surface area contributed by atoms with Crippen molar-refractivity contribution in [2.45, 2.75) is 19.8 Å². The first kappa shape index (κ1) is 20.5. The van der Waals surface area contributed by atoms with Crippen molar-refractivity contribution in [1.29, 1.82) is 0 Å². The van der Waals surface area contributed by atoms with Crippen LogP contribution in [0, 0.1) is 5.92 Å². The maximum atomic E-state index is 13.4. The largest absolute Gasteiger partial charge is 0.466 e. The highest BCUT2D eigenvalue weighted by atomic mass is 16.5. The van der Waals surface area contributed by atoms with Crippen LogP contribution in [-0.2, 0) is 9.53 Å². The van der Waals surface area contributed by atoms with Gasteiger partial charge in [0.15, 0.2) is 11.5 Å². The number of hydrogen-bond acceptors (Lipinski definition) is 8. The normalized spacial score (nSPS) is 17.4. The van der Waals surface area contributed by atoms with E-state index in [4.69, 9.17) is 9.26 Å². The summed E-state index contributed by atoms with van der Waals surface area (Å²) in [7, 11) is 0. The van der Waals surface area contributed by atoms with Crippen LogP contribution >= 0.6 is 0 Å². The Hall–Kier alpha value is -3.39. The number of piperidine rings is 1. The number of aliphatic hydroxyl groups excluding tert-OH is 1. The van der Waals surface area contributed by atoms with Crippen molar-refractivity contribution in [3.8, 4) is 11.3 Å². The van der Waals surface area contributed by atoms with E-state index in [0.717, 1.165) is 30.6 Å². The number of nitrogens with zero attached hydrogens (tertiary/aromatic N) is 2. The van der Waals surface area contributed by atoms with Crippen molar-refractivity contribution >= 4 is 34.0 Å².